The van der Waals surface area contributed by atoms with E-state index >= 15 is 0 Å². The van der Waals surface area contributed by atoms with Crippen molar-refractivity contribution in [2.24, 2.45) is 23.7 Å². The largest absolute Gasteiger partial charge is 0.314 e. The van der Waals surface area contributed by atoms with Gasteiger partial charge in [0.1, 0.15) is 0 Å². The Morgan fingerprint density at radius 1 is 1.10 bits per heavy atom. The van der Waals surface area contributed by atoms with Crippen molar-refractivity contribution in [1.82, 2.24) is 10.2 Å². The minimum absolute atomic E-state index is 0.698. The quantitative estimate of drug-likeness (QED) is 0.723. The lowest BCUT2D eigenvalue weighted by molar-refractivity contribution is 0.0843. The molecule has 21 heavy (non-hydrogen) atoms. The SMILES string of the molecule is CCCNC1CC(C)CC(C)C1CN(CC1CC1)C(C)C. The van der Waals surface area contributed by atoms with Gasteiger partial charge in [0.2, 0.25) is 0 Å². The van der Waals surface area contributed by atoms with Gasteiger partial charge in [-0.2, -0.15) is 0 Å². The van der Waals surface area contributed by atoms with Crippen LogP contribution in [0.1, 0.15) is 66.7 Å². The van der Waals surface area contributed by atoms with E-state index in [4.69, 9.17) is 0 Å². The minimum Gasteiger partial charge on any atom is -0.314 e. The van der Waals surface area contributed by atoms with Gasteiger partial charge in [0.25, 0.3) is 0 Å². The molecule has 2 rings (SSSR count). The van der Waals surface area contributed by atoms with Gasteiger partial charge in [0, 0.05) is 25.2 Å². The first-order chi connectivity index (χ1) is 10.0. The Morgan fingerprint density at radius 2 is 1.81 bits per heavy atom. The lowest BCUT2D eigenvalue weighted by Crippen LogP contribution is -2.50. The van der Waals surface area contributed by atoms with E-state index in [1.54, 1.807) is 0 Å². The van der Waals surface area contributed by atoms with Crippen LogP contribution in [0.5, 0.6) is 0 Å². The number of nitrogens with one attached hydrogen (secondary N) is 1. The topological polar surface area (TPSA) is 15.3 Å². The van der Waals surface area contributed by atoms with Crippen LogP contribution in [0, 0.1) is 23.7 Å². The summed E-state index contributed by atoms with van der Waals surface area (Å²) in [5, 5.41) is 3.87. The molecule has 2 aliphatic rings. The van der Waals surface area contributed by atoms with Crippen LogP contribution in [0.25, 0.3) is 0 Å². The average molecular weight is 295 g/mol. The standard InChI is InChI=1S/C19H38N2/c1-6-9-20-19-11-15(4)10-16(5)18(19)13-21(14(2)3)12-17-7-8-17/h14-20H,6-13H2,1-5H3. The molecule has 4 atom stereocenters. The summed E-state index contributed by atoms with van der Waals surface area (Å²) >= 11 is 0. The Hall–Kier alpha value is -0.0800. The van der Waals surface area contributed by atoms with E-state index in [0.29, 0.717) is 6.04 Å². The van der Waals surface area contributed by atoms with Crippen molar-refractivity contribution < 1.29 is 0 Å². The summed E-state index contributed by atoms with van der Waals surface area (Å²) in [5.41, 5.74) is 0. The summed E-state index contributed by atoms with van der Waals surface area (Å²) in [7, 11) is 0. The molecule has 0 spiro atoms. The first-order valence-corrected chi connectivity index (χ1v) is 9.48. The number of nitrogens with zero attached hydrogens (tertiary/aromatic N) is 1. The predicted octanol–water partition coefficient (Wildman–Crippen LogP) is 4.16. The van der Waals surface area contributed by atoms with Gasteiger partial charge in [-0.25, -0.2) is 0 Å². The van der Waals surface area contributed by atoms with Crippen LogP contribution in [-0.4, -0.2) is 36.6 Å². The third-order valence-corrected chi connectivity index (χ3v) is 5.70. The monoisotopic (exact) mass is 294 g/mol. The Balaban J connectivity index is 1.97. The maximum Gasteiger partial charge on any atom is 0.0113 e. The predicted molar refractivity (Wildman–Crippen MR) is 92.6 cm³/mol. The molecule has 2 saturated carbocycles. The van der Waals surface area contributed by atoms with E-state index in [2.05, 4.69) is 44.8 Å². The molecule has 2 nitrogen and oxygen atoms in total. The van der Waals surface area contributed by atoms with Crippen LogP contribution < -0.4 is 5.32 Å². The highest BCUT2D eigenvalue weighted by molar-refractivity contribution is 4.90. The Kier molecular flexibility index (Phi) is 6.55. The molecular weight excluding hydrogens is 256 g/mol. The average Bonchev–Trinajstić information content (AvgIpc) is 3.22. The van der Waals surface area contributed by atoms with Gasteiger partial charge in [-0.1, -0.05) is 20.8 Å². The molecule has 0 aromatic heterocycles. The maximum atomic E-state index is 3.87. The van der Waals surface area contributed by atoms with E-state index in [-0.39, 0.29) is 0 Å². The zero-order chi connectivity index (χ0) is 15.4. The summed E-state index contributed by atoms with van der Waals surface area (Å²) in [4.78, 5) is 2.77. The molecule has 1 N–H and O–H groups in total. The van der Waals surface area contributed by atoms with Gasteiger partial charge >= 0.3 is 0 Å². The van der Waals surface area contributed by atoms with E-state index in [9.17, 15) is 0 Å². The van der Waals surface area contributed by atoms with Crippen molar-refractivity contribution in [1.29, 1.82) is 0 Å². The summed E-state index contributed by atoms with van der Waals surface area (Å²) < 4.78 is 0. The van der Waals surface area contributed by atoms with Crippen molar-refractivity contribution >= 4 is 0 Å². The second kappa shape index (κ2) is 7.97. The zero-order valence-electron chi connectivity index (χ0n) is 15.1. The Morgan fingerprint density at radius 3 is 2.38 bits per heavy atom. The lowest BCUT2D eigenvalue weighted by Gasteiger charge is -2.43. The molecule has 124 valence electrons. The van der Waals surface area contributed by atoms with Gasteiger partial charge in [-0.3, -0.25) is 0 Å². The number of rotatable bonds is 8. The van der Waals surface area contributed by atoms with Crippen molar-refractivity contribution in [2.75, 3.05) is 19.6 Å². The normalized spacial score (nSPS) is 33.9. The molecular formula is C19H38N2. The summed E-state index contributed by atoms with van der Waals surface area (Å²) in [6, 6.07) is 1.44. The number of hydrogen-bond donors (Lipinski definition) is 1. The molecule has 0 amide bonds. The highest BCUT2D eigenvalue weighted by atomic mass is 15.2. The van der Waals surface area contributed by atoms with Crippen LogP contribution in [0.2, 0.25) is 0 Å². The molecule has 2 heteroatoms. The van der Waals surface area contributed by atoms with Gasteiger partial charge < -0.3 is 10.2 Å². The van der Waals surface area contributed by atoms with Gasteiger partial charge in [0.05, 0.1) is 0 Å². The minimum atomic E-state index is 0.698. The third-order valence-electron chi connectivity index (χ3n) is 5.70. The van der Waals surface area contributed by atoms with Crippen LogP contribution in [-0.2, 0) is 0 Å². The summed E-state index contributed by atoms with van der Waals surface area (Å²) in [6.07, 6.45) is 6.99. The molecule has 0 radical (unpaired) electrons. The van der Waals surface area contributed by atoms with E-state index in [1.165, 1.54) is 51.7 Å². The van der Waals surface area contributed by atoms with Crippen LogP contribution in [0.3, 0.4) is 0 Å². The first-order valence-electron chi connectivity index (χ1n) is 9.48. The fourth-order valence-corrected chi connectivity index (χ4v) is 4.18. The van der Waals surface area contributed by atoms with Crippen molar-refractivity contribution in [3.05, 3.63) is 0 Å². The van der Waals surface area contributed by atoms with Crippen molar-refractivity contribution in [2.45, 2.75) is 78.8 Å². The fourth-order valence-electron chi connectivity index (χ4n) is 4.18. The Bertz CT molecular complexity index is 298. The number of hydrogen-bond acceptors (Lipinski definition) is 2. The molecule has 0 bridgehead atoms. The highest BCUT2D eigenvalue weighted by Gasteiger charge is 2.36. The van der Waals surface area contributed by atoms with Crippen LogP contribution in [0.15, 0.2) is 0 Å². The van der Waals surface area contributed by atoms with Crippen molar-refractivity contribution in [3.63, 3.8) is 0 Å². The fraction of sp³-hybridized carbons (Fsp3) is 1.00. The third kappa shape index (κ3) is 5.25. The summed E-state index contributed by atoms with van der Waals surface area (Å²) in [5.74, 6) is 3.60. The van der Waals surface area contributed by atoms with Crippen molar-refractivity contribution in [3.8, 4) is 0 Å². The molecule has 0 heterocycles. The van der Waals surface area contributed by atoms with Gasteiger partial charge in [0.15, 0.2) is 0 Å². The first kappa shape index (κ1) is 17.3. The van der Waals surface area contributed by atoms with E-state index in [1.807, 2.05) is 0 Å². The molecule has 4 unspecified atom stereocenters. The molecule has 2 aliphatic carbocycles. The lowest BCUT2D eigenvalue weighted by atomic mass is 9.72. The molecule has 2 fully saturated rings. The molecule has 0 aromatic rings. The Labute approximate surface area is 133 Å². The second-order valence-corrected chi connectivity index (χ2v) is 8.27. The van der Waals surface area contributed by atoms with Crippen LogP contribution >= 0.6 is 0 Å². The van der Waals surface area contributed by atoms with Gasteiger partial charge in [-0.15, -0.1) is 0 Å². The van der Waals surface area contributed by atoms with E-state index < -0.39 is 0 Å². The van der Waals surface area contributed by atoms with E-state index in [0.717, 1.165) is 29.7 Å². The smallest absolute Gasteiger partial charge is 0.0113 e. The summed E-state index contributed by atoms with van der Waals surface area (Å²) in [6.45, 7) is 15.8. The van der Waals surface area contributed by atoms with Gasteiger partial charge in [-0.05, 0) is 76.2 Å². The zero-order valence-corrected chi connectivity index (χ0v) is 15.1. The maximum absolute atomic E-state index is 3.87. The highest BCUT2D eigenvalue weighted by Crippen LogP contribution is 2.36. The molecule has 0 aromatic carbocycles. The second-order valence-electron chi connectivity index (χ2n) is 8.27. The molecule has 0 saturated heterocycles. The van der Waals surface area contributed by atoms with Crippen LogP contribution in [0.4, 0.5) is 0 Å². The molecule has 0 aliphatic heterocycles.